The molecule has 0 aliphatic carbocycles. The number of nitrogens with zero attached hydrogens (tertiary/aromatic N) is 4. The monoisotopic (exact) mass is 697 g/mol. The minimum Gasteiger partial charge on any atom is -0.391 e. The van der Waals surface area contributed by atoms with Gasteiger partial charge in [-0.1, -0.05) is 11.8 Å². The molecule has 242 valence electrons. The molecule has 1 fully saturated rings. The van der Waals surface area contributed by atoms with Crippen LogP contribution >= 0.6 is 35.2 Å². The van der Waals surface area contributed by atoms with E-state index >= 15 is 0 Å². The summed E-state index contributed by atoms with van der Waals surface area (Å²) in [6.45, 7) is 0.0102. The Morgan fingerprint density at radius 2 is 1.81 bits per heavy atom. The van der Waals surface area contributed by atoms with Crippen LogP contribution in [0.5, 0.6) is 0 Å². The lowest BCUT2D eigenvalue weighted by atomic mass is 10.0. The van der Waals surface area contributed by atoms with Gasteiger partial charge in [0.15, 0.2) is 22.1 Å². The number of rotatable bonds is 13. The molecule has 3 rings (SSSR count). The molecule has 1 saturated heterocycles. The van der Waals surface area contributed by atoms with E-state index in [1.165, 1.54) is 6.92 Å². The zero-order chi connectivity index (χ0) is 32.7. The molecule has 12 N–H and O–H groups in total. The van der Waals surface area contributed by atoms with E-state index in [0.29, 0.717) is 0 Å². The number of ether oxygens (including phenoxy) is 1. The molecule has 2 amide bonds. The van der Waals surface area contributed by atoms with Crippen LogP contribution in [-0.4, -0.2) is 110 Å². The molecule has 0 radical (unpaired) electrons. The predicted octanol–water partition coefficient (Wildman–Crippen LogP) is -3.20. The van der Waals surface area contributed by atoms with Crippen molar-refractivity contribution >= 4 is 64.0 Å². The number of hydrogen-bond donors (Lipinski definition) is 10. The van der Waals surface area contributed by atoms with Gasteiger partial charge in [-0.15, -0.1) is 0 Å². The highest BCUT2D eigenvalue weighted by Gasteiger charge is 2.61. The summed E-state index contributed by atoms with van der Waals surface area (Å²) in [6.07, 6.45) is -5.12. The molecule has 3 heterocycles. The van der Waals surface area contributed by atoms with Crippen molar-refractivity contribution < 1.29 is 76.1 Å². The van der Waals surface area contributed by atoms with Gasteiger partial charge in [-0.05, 0) is 13.2 Å². The summed E-state index contributed by atoms with van der Waals surface area (Å²) >= 11 is 0.963. The number of primary amides is 1. The van der Waals surface area contributed by atoms with Gasteiger partial charge in [-0.25, -0.2) is 28.6 Å². The maximum Gasteiger partial charge on any atom is 0.490 e. The molecule has 0 spiro atoms. The van der Waals surface area contributed by atoms with Gasteiger partial charge in [0.2, 0.25) is 5.91 Å². The molecule has 2 aromatic rings. The number of carbonyl (C=O) groups is 2. The Labute approximate surface area is 244 Å². The quantitative estimate of drug-likeness (QED) is 0.0559. The van der Waals surface area contributed by atoms with E-state index in [1.54, 1.807) is 6.26 Å². The van der Waals surface area contributed by atoms with E-state index < -0.39 is 78.1 Å². The molecule has 0 aromatic carbocycles. The Hall–Kier alpha value is -1.95. The summed E-state index contributed by atoms with van der Waals surface area (Å²) < 4.78 is 52.3. The third-order valence-electron chi connectivity index (χ3n) is 5.59. The average Bonchev–Trinajstić information content (AvgIpc) is 3.39. The summed E-state index contributed by atoms with van der Waals surface area (Å²) in [4.78, 5) is 73.8. The standard InChI is InChI=1S/C16H26N7O16P3S/c1-5(24)7(17)13(27)20-11-8-12(22-15(21-11)43-2)23(4-19-8)16(14(18)28)10(26)9(25)6(37-16)3-36-41(32,33)39-42(34,35)38-40(29,30)31/h4-7,9-10,24-26H,3,17H2,1-2H3,(H2,18,28)(H,32,33)(H,34,35)(H2,29,30,31)(H,20,21,22,27)/t5-,6-,7+,9-,10-,16+/m1/s1. The first-order valence-corrected chi connectivity index (χ1v) is 17.0. The van der Waals surface area contributed by atoms with E-state index in [-0.39, 0.29) is 22.1 Å². The second-order valence-corrected chi connectivity index (χ2v) is 13.8. The number of phosphoric ester groups is 1. The molecule has 1 aliphatic rings. The molecule has 2 aromatic heterocycles. The number of aromatic nitrogens is 4. The van der Waals surface area contributed by atoms with Crippen molar-refractivity contribution in [2.45, 2.75) is 48.3 Å². The molecule has 27 heteroatoms. The lowest BCUT2D eigenvalue weighted by Gasteiger charge is -2.30. The Morgan fingerprint density at radius 3 is 2.35 bits per heavy atom. The first-order valence-electron chi connectivity index (χ1n) is 11.3. The van der Waals surface area contributed by atoms with Gasteiger partial charge in [0, 0.05) is 0 Å². The molecular weight excluding hydrogens is 671 g/mol. The normalized spacial score (nSPS) is 26.9. The van der Waals surface area contributed by atoms with E-state index in [1.807, 2.05) is 0 Å². The minimum absolute atomic E-state index is 0.0213. The highest BCUT2D eigenvalue weighted by atomic mass is 32.2. The average molecular weight is 697 g/mol. The summed E-state index contributed by atoms with van der Waals surface area (Å²) in [7, 11) is -17.2. The van der Waals surface area contributed by atoms with Crippen molar-refractivity contribution in [1.29, 1.82) is 0 Å². The number of nitrogens with one attached hydrogen (secondary N) is 1. The summed E-state index contributed by atoms with van der Waals surface area (Å²) in [5.41, 5.74) is 7.94. The highest BCUT2D eigenvalue weighted by molar-refractivity contribution is 7.98. The molecule has 1 aliphatic heterocycles. The first-order chi connectivity index (χ1) is 19.6. The topological polar surface area (TPSA) is 372 Å². The minimum atomic E-state index is -5.88. The molecule has 8 atom stereocenters. The summed E-state index contributed by atoms with van der Waals surface area (Å²) in [5.74, 6) is -2.57. The van der Waals surface area contributed by atoms with Crippen molar-refractivity contribution in [1.82, 2.24) is 19.5 Å². The number of phosphoric acid groups is 3. The Morgan fingerprint density at radius 1 is 1.19 bits per heavy atom. The van der Waals surface area contributed by atoms with Crippen molar-refractivity contribution in [3.8, 4) is 0 Å². The molecule has 2 unspecified atom stereocenters. The van der Waals surface area contributed by atoms with Crippen LogP contribution in [0.15, 0.2) is 11.5 Å². The van der Waals surface area contributed by atoms with Crippen molar-refractivity contribution in [3.63, 3.8) is 0 Å². The molecular formula is C16H26N7O16P3S. The van der Waals surface area contributed by atoms with E-state index in [0.717, 1.165) is 22.7 Å². The van der Waals surface area contributed by atoms with Crippen LogP contribution in [0.4, 0.5) is 5.82 Å². The number of anilines is 1. The van der Waals surface area contributed by atoms with Crippen LogP contribution in [-0.2, 0) is 46.9 Å². The van der Waals surface area contributed by atoms with Crippen LogP contribution in [0.2, 0.25) is 0 Å². The number of aliphatic hydroxyl groups is 3. The lowest BCUT2D eigenvalue weighted by Crippen LogP contribution is -2.54. The summed E-state index contributed by atoms with van der Waals surface area (Å²) in [6, 6.07) is -1.38. The second-order valence-electron chi connectivity index (χ2n) is 8.64. The van der Waals surface area contributed by atoms with E-state index in [9.17, 15) is 48.4 Å². The van der Waals surface area contributed by atoms with Crippen LogP contribution < -0.4 is 16.8 Å². The maximum absolute atomic E-state index is 12.8. The fourth-order valence-corrected chi connectivity index (χ4v) is 7.04. The van der Waals surface area contributed by atoms with E-state index in [2.05, 4.69) is 33.4 Å². The number of imidazole rings is 1. The number of fused-ring (bicyclic) bond motifs is 1. The van der Waals surface area contributed by atoms with Crippen molar-refractivity contribution in [3.05, 3.63) is 6.33 Å². The number of amides is 2. The van der Waals surface area contributed by atoms with Crippen LogP contribution in [0.25, 0.3) is 11.2 Å². The third kappa shape index (κ3) is 7.83. The Balaban J connectivity index is 1.97. The fraction of sp³-hybridized carbons (Fsp3) is 0.562. The van der Waals surface area contributed by atoms with Gasteiger partial charge >= 0.3 is 23.5 Å². The number of aliphatic hydroxyl groups excluding tert-OH is 3. The second kappa shape index (κ2) is 12.8. The number of thioether (sulfide) groups is 1. The number of hydrogen-bond acceptors (Lipinski definition) is 17. The van der Waals surface area contributed by atoms with Crippen molar-refractivity contribution in [2.24, 2.45) is 11.5 Å². The van der Waals surface area contributed by atoms with Gasteiger partial charge in [-0.3, -0.25) is 18.7 Å². The van der Waals surface area contributed by atoms with Gasteiger partial charge in [0.05, 0.1) is 12.7 Å². The van der Waals surface area contributed by atoms with Crippen LogP contribution in [0.1, 0.15) is 6.92 Å². The van der Waals surface area contributed by atoms with Gasteiger partial charge in [0.25, 0.3) is 11.6 Å². The molecule has 0 bridgehead atoms. The Bertz CT molecular complexity index is 1540. The summed E-state index contributed by atoms with van der Waals surface area (Å²) in [5, 5.41) is 33.5. The highest BCUT2D eigenvalue weighted by Crippen LogP contribution is 2.66. The fourth-order valence-electron chi connectivity index (χ4n) is 3.65. The first kappa shape index (κ1) is 35.5. The molecule has 0 saturated carbocycles. The Kier molecular flexibility index (Phi) is 10.6. The zero-order valence-electron chi connectivity index (χ0n) is 21.7. The molecule has 43 heavy (non-hydrogen) atoms. The van der Waals surface area contributed by atoms with Crippen LogP contribution in [0, 0.1) is 0 Å². The van der Waals surface area contributed by atoms with E-state index in [4.69, 9.17) is 26.0 Å². The zero-order valence-corrected chi connectivity index (χ0v) is 25.2. The van der Waals surface area contributed by atoms with Gasteiger partial charge in [-0.2, -0.15) is 8.62 Å². The third-order valence-corrected chi connectivity index (χ3v) is 9.94. The largest absolute Gasteiger partial charge is 0.490 e. The predicted molar refractivity (Wildman–Crippen MR) is 139 cm³/mol. The van der Waals surface area contributed by atoms with Gasteiger partial charge < -0.3 is 56.4 Å². The maximum atomic E-state index is 12.8. The van der Waals surface area contributed by atoms with Gasteiger partial charge in [0.1, 0.15) is 30.7 Å². The SMILES string of the molecule is CSc1nc(NC(=O)[C@@H](N)[C@@H](C)O)c2ncn([C@]3(C(N)=O)O[C@H](COP(=O)(O)OP(=O)(O)OP(=O)(O)O)[C@@H](O)[C@H]3O)c2n1. The van der Waals surface area contributed by atoms with Crippen molar-refractivity contribution in [2.75, 3.05) is 18.2 Å². The number of nitrogens with two attached hydrogens (primary N) is 2. The lowest BCUT2D eigenvalue weighted by molar-refractivity contribution is -0.172. The smallest absolute Gasteiger partial charge is 0.391 e. The molecule has 23 nitrogen and oxygen atoms in total. The number of carbonyl (C=O) groups excluding carboxylic acids is 2. The van der Waals surface area contributed by atoms with Crippen LogP contribution in [0.3, 0.4) is 0 Å².